The highest BCUT2D eigenvalue weighted by atomic mass is 16.5. The minimum atomic E-state index is -0.697. The van der Waals surface area contributed by atoms with Crippen molar-refractivity contribution in [3.8, 4) is 6.07 Å². The Labute approximate surface area is 88.9 Å². The summed E-state index contributed by atoms with van der Waals surface area (Å²) in [5.41, 5.74) is 4.59. The van der Waals surface area contributed by atoms with Gasteiger partial charge >= 0.3 is 0 Å². The van der Waals surface area contributed by atoms with Gasteiger partial charge in [-0.1, -0.05) is 0 Å². The number of rotatable bonds is 4. The van der Waals surface area contributed by atoms with E-state index in [0.29, 0.717) is 13.2 Å². The van der Waals surface area contributed by atoms with Crippen LogP contribution < -0.4 is 11.1 Å². The first-order valence-corrected chi connectivity index (χ1v) is 4.73. The molecule has 0 atom stereocenters. The zero-order valence-electron chi connectivity index (χ0n) is 8.91. The molecule has 3 N–H and O–H groups in total. The quantitative estimate of drug-likeness (QED) is 0.491. The van der Waals surface area contributed by atoms with Crippen LogP contribution in [0.15, 0.2) is 11.6 Å². The molecule has 5 heteroatoms. The van der Waals surface area contributed by atoms with Gasteiger partial charge in [-0.25, -0.2) is 0 Å². The predicted octanol–water partition coefficient (Wildman–Crippen LogP) is -0.311. The Morgan fingerprint density at radius 2 is 2.27 bits per heavy atom. The van der Waals surface area contributed by atoms with Gasteiger partial charge in [-0.05, 0) is 19.9 Å². The third kappa shape index (κ3) is 3.35. The van der Waals surface area contributed by atoms with E-state index in [9.17, 15) is 4.79 Å². The second-order valence-electron chi connectivity index (χ2n) is 4.13. The largest absolute Gasteiger partial charge is 0.378 e. The van der Waals surface area contributed by atoms with Gasteiger partial charge in [0.15, 0.2) is 0 Å². The summed E-state index contributed by atoms with van der Waals surface area (Å²) < 4.78 is 5.02. The topological polar surface area (TPSA) is 88.1 Å². The summed E-state index contributed by atoms with van der Waals surface area (Å²) in [6.45, 7) is 5.09. The van der Waals surface area contributed by atoms with Gasteiger partial charge in [0.2, 0.25) is 0 Å². The predicted molar refractivity (Wildman–Crippen MR) is 54.7 cm³/mol. The van der Waals surface area contributed by atoms with Gasteiger partial charge in [0.05, 0.1) is 19.3 Å². The fraction of sp³-hybridized carbons (Fsp3) is 0.600. The van der Waals surface area contributed by atoms with Crippen LogP contribution in [0.5, 0.6) is 0 Å². The van der Waals surface area contributed by atoms with E-state index in [1.807, 2.05) is 13.8 Å². The van der Waals surface area contributed by atoms with Crippen LogP contribution in [0.25, 0.3) is 0 Å². The average molecular weight is 209 g/mol. The lowest BCUT2D eigenvalue weighted by molar-refractivity contribution is -0.114. The first-order chi connectivity index (χ1) is 6.94. The van der Waals surface area contributed by atoms with E-state index in [2.05, 4.69) is 5.32 Å². The summed E-state index contributed by atoms with van der Waals surface area (Å²) in [6.07, 6.45) is 1.55. The molecule has 1 aliphatic heterocycles. The van der Waals surface area contributed by atoms with Crippen LogP contribution in [-0.4, -0.2) is 30.7 Å². The molecule has 0 bridgehead atoms. The Balaban J connectivity index is 2.67. The van der Waals surface area contributed by atoms with Crippen molar-refractivity contribution in [3.63, 3.8) is 0 Å². The molecule has 1 rings (SSSR count). The van der Waals surface area contributed by atoms with E-state index in [1.54, 1.807) is 12.1 Å². The van der Waals surface area contributed by atoms with Crippen LogP contribution >= 0.6 is 0 Å². The SMILES string of the molecule is CC(C)(C=C(C#N)C(N)=O)NC1COC1. The van der Waals surface area contributed by atoms with Crippen molar-refractivity contribution in [1.82, 2.24) is 5.32 Å². The first-order valence-electron chi connectivity index (χ1n) is 4.73. The molecule has 1 fully saturated rings. The highest BCUT2D eigenvalue weighted by Gasteiger charge is 2.26. The second kappa shape index (κ2) is 4.43. The Morgan fingerprint density at radius 3 is 2.60 bits per heavy atom. The van der Waals surface area contributed by atoms with E-state index in [0.717, 1.165) is 0 Å². The van der Waals surface area contributed by atoms with Crippen LogP contribution in [0, 0.1) is 11.3 Å². The standard InChI is InChI=1S/C10H15N3O2/c1-10(2,13-8-5-15-6-8)3-7(4-11)9(12)14/h3,8,13H,5-6H2,1-2H3,(H2,12,14). The Kier molecular flexibility index (Phi) is 3.45. The number of hydrogen-bond acceptors (Lipinski definition) is 4. The maximum Gasteiger partial charge on any atom is 0.259 e. The molecule has 0 aromatic carbocycles. The molecule has 0 spiro atoms. The highest BCUT2D eigenvalue weighted by Crippen LogP contribution is 2.12. The van der Waals surface area contributed by atoms with Gasteiger partial charge in [-0.15, -0.1) is 0 Å². The van der Waals surface area contributed by atoms with Crippen molar-refractivity contribution in [2.45, 2.75) is 25.4 Å². The molecule has 0 aromatic rings. The second-order valence-corrected chi connectivity index (χ2v) is 4.13. The molecule has 0 unspecified atom stereocenters. The summed E-state index contributed by atoms with van der Waals surface area (Å²) in [7, 11) is 0. The molecule has 1 amide bonds. The number of carbonyl (C=O) groups excluding carboxylic acids is 1. The van der Waals surface area contributed by atoms with Crippen molar-refractivity contribution in [2.75, 3.05) is 13.2 Å². The third-order valence-corrected chi connectivity index (χ3v) is 2.11. The molecular weight excluding hydrogens is 194 g/mol. The number of nitrogens with zero attached hydrogens (tertiary/aromatic N) is 1. The van der Waals surface area contributed by atoms with Gasteiger partial charge in [-0.2, -0.15) is 5.26 Å². The lowest BCUT2D eigenvalue weighted by Crippen LogP contribution is -2.54. The zero-order chi connectivity index (χ0) is 11.5. The zero-order valence-corrected chi connectivity index (χ0v) is 8.91. The van der Waals surface area contributed by atoms with Crippen LogP contribution in [0.1, 0.15) is 13.8 Å². The molecular formula is C10H15N3O2. The fourth-order valence-electron chi connectivity index (χ4n) is 1.41. The summed E-state index contributed by atoms with van der Waals surface area (Å²) >= 11 is 0. The highest BCUT2D eigenvalue weighted by molar-refractivity contribution is 5.96. The number of nitrogens with one attached hydrogen (secondary N) is 1. The van der Waals surface area contributed by atoms with Crippen LogP contribution in [-0.2, 0) is 9.53 Å². The number of ether oxygens (including phenoxy) is 1. The number of nitriles is 1. The number of hydrogen-bond donors (Lipinski definition) is 2. The van der Waals surface area contributed by atoms with Gasteiger partial charge in [0.1, 0.15) is 11.6 Å². The smallest absolute Gasteiger partial charge is 0.259 e. The first kappa shape index (κ1) is 11.7. The van der Waals surface area contributed by atoms with E-state index in [1.165, 1.54) is 0 Å². The van der Waals surface area contributed by atoms with Gasteiger partial charge in [-0.3, -0.25) is 4.79 Å². The lowest BCUT2D eigenvalue weighted by atomic mass is 9.99. The summed E-state index contributed by atoms with van der Waals surface area (Å²) in [5.74, 6) is -0.697. The van der Waals surface area contributed by atoms with E-state index < -0.39 is 11.4 Å². The molecule has 15 heavy (non-hydrogen) atoms. The number of nitrogens with two attached hydrogens (primary N) is 1. The molecule has 5 nitrogen and oxygen atoms in total. The van der Waals surface area contributed by atoms with Crippen LogP contribution in [0.4, 0.5) is 0 Å². The van der Waals surface area contributed by atoms with Gasteiger partial charge < -0.3 is 15.8 Å². The van der Waals surface area contributed by atoms with Crippen molar-refractivity contribution < 1.29 is 9.53 Å². The Morgan fingerprint density at radius 1 is 1.67 bits per heavy atom. The molecule has 1 saturated heterocycles. The molecule has 1 heterocycles. The van der Waals surface area contributed by atoms with E-state index in [-0.39, 0.29) is 11.6 Å². The lowest BCUT2D eigenvalue weighted by Gasteiger charge is -2.34. The van der Waals surface area contributed by atoms with Crippen molar-refractivity contribution in [2.24, 2.45) is 5.73 Å². The molecule has 0 radical (unpaired) electrons. The molecule has 0 aliphatic carbocycles. The summed E-state index contributed by atoms with van der Waals surface area (Å²) in [6, 6.07) is 2.06. The fourth-order valence-corrected chi connectivity index (χ4v) is 1.41. The monoisotopic (exact) mass is 209 g/mol. The number of carbonyl (C=O) groups is 1. The molecule has 82 valence electrons. The van der Waals surface area contributed by atoms with E-state index >= 15 is 0 Å². The minimum absolute atomic E-state index is 0.0206. The molecule has 1 aliphatic rings. The minimum Gasteiger partial charge on any atom is -0.378 e. The van der Waals surface area contributed by atoms with Gasteiger partial charge in [0.25, 0.3) is 5.91 Å². The van der Waals surface area contributed by atoms with Crippen LogP contribution in [0.2, 0.25) is 0 Å². The number of amides is 1. The van der Waals surface area contributed by atoms with Crippen LogP contribution in [0.3, 0.4) is 0 Å². The number of primary amides is 1. The maximum atomic E-state index is 10.9. The Hall–Kier alpha value is -1.38. The summed E-state index contributed by atoms with van der Waals surface area (Å²) in [5, 5.41) is 11.9. The van der Waals surface area contributed by atoms with Crippen molar-refractivity contribution >= 4 is 5.91 Å². The molecule has 0 aromatic heterocycles. The van der Waals surface area contributed by atoms with Gasteiger partial charge in [0, 0.05) is 5.54 Å². The van der Waals surface area contributed by atoms with E-state index in [4.69, 9.17) is 15.7 Å². The van der Waals surface area contributed by atoms with Crippen molar-refractivity contribution in [3.05, 3.63) is 11.6 Å². The average Bonchev–Trinajstić information content (AvgIpc) is 2.07. The third-order valence-electron chi connectivity index (χ3n) is 2.11. The van der Waals surface area contributed by atoms with Crippen molar-refractivity contribution in [1.29, 1.82) is 5.26 Å². The normalized spacial score (nSPS) is 18.1. The maximum absolute atomic E-state index is 10.9. The summed E-state index contributed by atoms with van der Waals surface area (Å²) in [4.78, 5) is 10.9. The molecule has 0 saturated carbocycles. The Bertz CT molecular complexity index is 324.